The average Bonchev–Trinajstić information content (AvgIpc) is 2.73. The molecule has 1 heterocycles. The van der Waals surface area contributed by atoms with Crippen LogP contribution in [-0.2, 0) is 0 Å². The lowest BCUT2D eigenvalue weighted by molar-refractivity contribution is 0.291. The quantitative estimate of drug-likeness (QED) is 0.834. The molecule has 0 bridgehead atoms. The molecule has 1 aliphatic heterocycles. The van der Waals surface area contributed by atoms with Gasteiger partial charge in [-0.1, -0.05) is 37.3 Å². The third-order valence-electron chi connectivity index (χ3n) is 3.50. The van der Waals surface area contributed by atoms with E-state index in [0.29, 0.717) is 6.04 Å². The fraction of sp³-hybridized carbons (Fsp3) is 0.571. The summed E-state index contributed by atoms with van der Waals surface area (Å²) in [6.07, 6.45) is 1.35. The van der Waals surface area contributed by atoms with E-state index in [0.717, 1.165) is 12.5 Å². The van der Waals surface area contributed by atoms with Gasteiger partial charge in [0.1, 0.15) is 0 Å². The monoisotopic (exact) mass is 218 g/mol. The summed E-state index contributed by atoms with van der Waals surface area (Å²) in [4.78, 5) is 2.57. The van der Waals surface area contributed by atoms with Gasteiger partial charge in [0, 0.05) is 19.1 Å². The van der Waals surface area contributed by atoms with E-state index in [9.17, 15) is 0 Å². The van der Waals surface area contributed by atoms with Crippen LogP contribution in [0.2, 0.25) is 0 Å². The summed E-state index contributed by atoms with van der Waals surface area (Å²) in [5.41, 5.74) is 1.39. The first-order chi connectivity index (χ1) is 7.79. The Kier molecular flexibility index (Phi) is 3.97. The van der Waals surface area contributed by atoms with Crippen LogP contribution in [0.15, 0.2) is 30.3 Å². The van der Waals surface area contributed by atoms with Gasteiger partial charge in [-0.05, 0) is 31.5 Å². The number of rotatable bonds is 4. The third kappa shape index (κ3) is 2.83. The molecule has 2 nitrogen and oxygen atoms in total. The van der Waals surface area contributed by atoms with Gasteiger partial charge >= 0.3 is 0 Å². The highest BCUT2D eigenvalue weighted by molar-refractivity contribution is 5.19. The number of hydrogen-bond donors (Lipinski definition) is 1. The van der Waals surface area contributed by atoms with E-state index in [1.807, 2.05) is 0 Å². The third-order valence-corrected chi connectivity index (χ3v) is 3.50. The Hall–Kier alpha value is -0.860. The van der Waals surface area contributed by atoms with Crippen LogP contribution in [-0.4, -0.2) is 31.6 Å². The van der Waals surface area contributed by atoms with Gasteiger partial charge in [0.05, 0.1) is 0 Å². The molecule has 0 radical (unpaired) electrons. The van der Waals surface area contributed by atoms with Crippen molar-refractivity contribution in [1.29, 1.82) is 0 Å². The van der Waals surface area contributed by atoms with Crippen molar-refractivity contribution >= 4 is 0 Å². The van der Waals surface area contributed by atoms with Gasteiger partial charge < -0.3 is 10.2 Å². The van der Waals surface area contributed by atoms with Gasteiger partial charge in [0.25, 0.3) is 0 Å². The molecule has 1 fully saturated rings. The molecule has 1 N–H and O–H groups in total. The molecule has 1 aromatic carbocycles. The second-order valence-electron chi connectivity index (χ2n) is 4.91. The summed E-state index contributed by atoms with van der Waals surface area (Å²) in [5.74, 6) is 0.869. The van der Waals surface area contributed by atoms with Crippen LogP contribution in [0, 0.1) is 5.92 Å². The maximum atomic E-state index is 3.42. The lowest BCUT2D eigenvalue weighted by Gasteiger charge is -2.23. The van der Waals surface area contributed by atoms with Crippen LogP contribution >= 0.6 is 0 Å². The molecular formula is C14H22N2. The first kappa shape index (κ1) is 11.6. The lowest BCUT2D eigenvalue weighted by atomic mass is 10.1. The Morgan fingerprint density at radius 3 is 2.69 bits per heavy atom. The fourth-order valence-electron chi connectivity index (χ4n) is 2.50. The van der Waals surface area contributed by atoms with Crippen LogP contribution in [0.3, 0.4) is 0 Å². The molecule has 0 aromatic heterocycles. The average molecular weight is 218 g/mol. The van der Waals surface area contributed by atoms with Crippen molar-refractivity contribution in [3.05, 3.63) is 35.9 Å². The van der Waals surface area contributed by atoms with E-state index in [4.69, 9.17) is 0 Å². The van der Waals surface area contributed by atoms with Crippen molar-refractivity contribution < 1.29 is 0 Å². The number of likely N-dealkylation sites (N-methyl/N-ethyl adjacent to an activating group) is 1. The minimum atomic E-state index is 0.464. The second-order valence-corrected chi connectivity index (χ2v) is 4.91. The SMILES string of the molecule is CNC(CN1CCC(C)C1)c1ccccc1. The van der Waals surface area contributed by atoms with Gasteiger partial charge in [-0.2, -0.15) is 0 Å². The molecular weight excluding hydrogens is 196 g/mol. The lowest BCUT2D eigenvalue weighted by Crippen LogP contribution is -2.32. The molecule has 0 spiro atoms. The first-order valence-corrected chi connectivity index (χ1v) is 6.24. The van der Waals surface area contributed by atoms with Gasteiger partial charge in [0.15, 0.2) is 0 Å². The zero-order chi connectivity index (χ0) is 11.4. The van der Waals surface area contributed by atoms with E-state index >= 15 is 0 Å². The van der Waals surface area contributed by atoms with Crippen molar-refractivity contribution in [2.24, 2.45) is 5.92 Å². The van der Waals surface area contributed by atoms with Crippen LogP contribution in [0.1, 0.15) is 24.9 Å². The molecule has 0 amide bonds. The number of hydrogen-bond acceptors (Lipinski definition) is 2. The molecule has 1 aliphatic rings. The molecule has 16 heavy (non-hydrogen) atoms. The second kappa shape index (κ2) is 5.46. The van der Waals surface area contributed by atoms with Crippen LogP contribution in [0.25, 0.3) is 0 Å². The molecule has 2 rings (SSSR count). The number of nitrogens with one attached hydrogen (secondary N) is 1. The zero-order valence-electron chi connectivity index (χ0n) is 10.3. The standard InChI is InChI=1S/C14H22N2/c1-12-8-9-16(10-12)11-14(15-2)13-6-4-3-5-7-13/h3-7,12,14-15H,8-11H2,1-2H3. The van der Waals surface area contributed by atoms with Crippen molar-refractivity contribution in [2.45, 2.75) is 19.4 Å². The minimum absolute atomic E-state index is 0.464. The zero-order valence-corrected chi connectivity index (χ0v) is 10.3. The molecule has 88 valence electrons. The molecule has 1 saturated heterocycles. The van der Waals surface area contributed by atoms with Crippen LogP contribution in [0.4, 0.5) is 0 Å². The maximum Gasteiger partial charge on any atom is 0.0446 e. The Balaban J connectivity index is 1.96. The van der Waals surface area contributed by atoms with E-state index in [1.54, 1.807) is 0 Å². The molecule has 2 unspecified atom stereocenters. The summed E-state index contributed by atoms with van der Waals surface area (Å²) >= 11 is 0. The van der Waals surface area contributed by atoms with E-state index < -0.39 is 0 Å². The molecule has 0 aliphatic carbocycles. The summed E-state index contributed by atoms with van der Waals surface area (Å²) in [6, 6.07) is 11.2. The van der Waals surface area contributed by atoms with E-state index in [2.05, 4.69) is 54.5 Å². The topological polar surface area (TPSA) is 15.3 Å². The molecule has 0 saturated carbocycles. The maximum absolute atomic E-state index is 3.42. The normalized spacial score (nSPS) is 23.5. The first-order valence-electron chi connectivity index (χ1n) is 6.24. The Morgan fingerprint density at radius 1 is 1.38 bits per heavy atom. The molecule has 2 atom stereocenters. The summed E-state index contributed by atoms with van der Waals surface area (Å²) < 4.78 is 0. The van der Waals surface area contributed by atoms with Crippen molar-refractivity contribution in [3.63, 3.8) is 0 Å². The van der Waals surface area contributed by atoms with Crippen molar-refractivity contribution in [1.82, 2.24) is 10.2 Å². The predicted octanol–water partition coefficient (Wildman–Crippen LogP) is 2.29. The highest BCUT2D eigenvalue weighted by atomic mass is 15.2. The van der Waals surface area contributed by atoms with Gasteiger partial charge in [-0.15, -0.1) is 0 Å². The minimum Gasteiger partial charge on any atom is -0.312 e. The molecule has 1 aromatic rings. The van der Waals surface area contributed by atoms with Gasteiger partial charge in [0.2, 0.25) is 0 Å². The highest BCUT2D eigenvalue weighted by Gasteiger charge is 2.21. The summed E-state index contributed by atoms with van der Waals surface area (Å²) in [5, 5.41) is 3.42. The summed E-state index contributed by atoms with van der Waals surface area (Å²) in [6.45, 7) is 5.99. The predicted molar refractivity (Wildman–Crippen MR) is 68.5 cm³/mol. The van der Waals surface area contributed by atoms with Crippen LogP contribution in [0.5, 0.6) is 0 Å². The number of likely N-dealkylation sites (tertiary alicyclic amines) is 1. The Labute approximate surface area is 98.7 Å². The van der Waals surface area contributed by atoms with Crippen molar-refractivity contribution in [3.8, 4) is 0 Å². The number of nitrogens with zero attached hydrogens (tertiary/aromatic N) is 1. The van der Waals surface area contributed by atoms with Gasteiger partial charge in [-0.25, -0.2) is 0 Å². The largest absolute Gasteiger partial charge is 0.312 e. The Morgan fingerprint density at radius 2 is 2.12 bits per heavy atom. The number of benzene rings is 1. The fourth-order valence-corrected chi connectivity index (χ4v) is 2.50. The Bertz CT molecular complexity index is 310. The summed E-state index contributed by atoms with van der Waals surface area (Å²) in [7, 11) is 2.05. The molecule has 2 heteroatoms. The highest BCUT2D eigenvalue weighted by Crippen LogP contribution is 2.19. The van der Waals surface area contributed by atoms with E-state index in [-0.39, 0.29) is 0 Å². The smallest absolute Gasteiger partial charge is 0.0446 e. The van der Waals surface area contributed by atoms with E-state index in [1.165, 1.54) is 25.1 Å². The van der Waals surface area contributed by atoms with Gasteiger partial charge in [-0.3, -0.25) is 0 Å². The van der Waals surface area contributed by atoms with Crippen LogP contribution < -0.4 is 5.32 Å². The van der Waals surface area contributed by atoms with Crippen molar-refractivity contribution in [2.75, 3.05) is 26.7 Å².